The smallest absolute Gasteiger partial charge is 0.216 e. The molecule has 1 aliphatic rings. The molecule has 0 spiro atoms. The SMILES string of the molecule is N=C/C(C(=O)c1ccccn1)=C1/N=CC=C(c2ccncc2)N1. The zero-order chi connectivity index (χ0) is 16.1. The van der Waals surface area contributed by atoms with E-state index in [0.29, 0.717) is 5.82 Å². The van der Waals surface area contributed by atoms with E-state index in [-0.39, 0.29) is 17.1 Å². The summed E-state index contributed by atoms with van der Waals surface area (Å²) in [4.78, 5) is 24.7. The second-order valence-corrected chi connectivity index (χ2v) is 4.67. The van der Waals surface area contributed by atoms with Crippen molar-refractivity contribution in [2.24, 2.45) is 4.99 Å². The summed E-state index contributed by atoms with van der Waals surface area (Å²) in [6.45, 7) is 0. The monoisotopic (exact) mass is 303 g/mol. The molecule has 1 aliphatic heterocycles. The van der Waals surface area contributed by atoms with Crippen molar-refractivity contribution in [3.63, 3.8) is 0 Å². The molecule has 3 heterocycles. The molecule has 6 heteroatoms. The molecular formula is C17H13N5O. The highest BCUT2D eigenvalue weighted by Crippen LogP contribution is 2.18. The number of hydrogen-bond donors (Lipinski definition) is 2. The fourth-order valence-electron chi connectivity index (χ4n) is 2.10. The molecule has 23 heavy (non-hydrogen) atoms. The van der Waals surface area contributed by atoms with Gasteiger partial charge in [-0.1, -0.05) is 6.07 Å². The molecule has 0 saturated heterocycles. The van der Waals surface area contributed by atoms with Gasteiger partial charge >= 0.3 is 0 Å². The van der Waals surface area contributed by atoms with Crippen LogP contribution in [0, 0.1) is 5.41 Å². The lowest BCUT2D eigenvalue weighted by atomic mass is 10.1. The third-order valence-corrected chi connectivity index (χ3v) is 3.23. The van der Waals surface area contributed by atoms with E-state index < -0.39 is 0 Å². The fraction of sp³-hybridized carbons (Fsp3) is 0. The molecule has 0 unspecified atom stereocenters. The van der Waals surface area contributed by atoms with Crippen LogP contribution >= 0.6 is 0 Å². The minimum absolute atomic E-state index is 0.152. The zero-order valence-electron chi connectivity index (χ0n) is 12.1. The minimum Gasteiger partial charge on any atom is -0.339 e. The van der Waals surface area contributed by atoms with Gasteiger partial charge in [0.2, 0.25) is 5.78 Å². The minimum atomic E-state index is -0.351. The normalized spacial score (nSPS) is 15.4. The maximum absolute atomic E-state index is 12.5. The molecule has 112 valence electrons. The van der Waals surface area contributed by atoms with Gasteiger partial charge in [-0.15, -0.1) is 0 Å². The largest absolute Gasteiger partial charge is 0.339 e. The number of nitrogens with zero attached hydrogens (tertiary/aromatic N) is 3. The number of ketones is 1. The predicted molar refractivity (Wildman–Crippen MR) is 88.2 cm³/mol. The van der Waals surface area contributed by atoms with Gasteiger partial charge in [-0.3, -0.25) is 14.8 Å². The predicted octanol–water partition coefficient (Wildman–Crippen LogP) is 2.24. The molecule has 0 atom stereocenters. The highest BCUT2D eigenvalue weighted by Gasteiger charge is 2.18. The average Bonchev–Trinajstić information content (AvgIpc) is 2.64. The van der Waals surface area contributed by atoms with E-state index in [9.17, 15) is 4.79 Å². The van der Waals surface area contributed by atoms with Crippen LogP contribution < -0.4 is 5.32 Å². The molecule has 0 aliphatic carbocycles. The Hall–Kier alpha value is -3.41. The van der Waals surface area contributed by atoms with Crippen LogP contribution in [0.1, 0.15) is 16.1 Å². The van der Waals surface area contributed by atoms with E-state index >= 15 is 0 Å². The summed E-state index contributed by atoms with van der Waals surface area (Å²) in [6.07, 6.45) is 9.29. The molecule has 3 rings (SSSR count). The Bertz CT molecular complexity index is 823. The van der Waals surface area contributed by atoms with Crippen LogP contribution in [0.5, 0.6) is 0 Å². The number of Topliss-reactive ketones (excluding diaryl/α,β-unsaturated/α-hetero) is 1. The summed E-state index contributed by atoms with van der Waals surface area (Å²) in [6, 6.07) is 8.76. The van der Waals surface area contributed by atoms with Crippen molar-refractivity contribution in [3.8, 4) is 0 Å². The molecule has 0 amide bonds. The number of pyridine rings is 2. The Kier molecular flexibility index (Phi) is 4.15. The van der Waals surface area contributed by atoms with Crippen molar-refractivity contribution in [2.75, 3.05) is 0 Å². The van der Waals surface area contributed by atoms with Crippen molar-refractivity contribution in [1.82, 2.24) is 15.3 Å². The number of allylic oxidation sites excluding steroid dienone is 2. The summed E-state index contributed by atoms with van der Waals surface area (Å²) in [5.74, 6) is -0.0267. The maximum atomic E-state index is 12.5. The Morgan fingerprint density at radius 2 is 1.96 bits per heavy atom. The van der Waals surface area contributed by atoms with E-state index in [1.807, 2.05) is 12.1 Å². The van der Waals surface area contributed by atoms with Crippen molar-refractivity contribution >= 4 is 23.9 Å². The van der Waals surface area contributed by atoms with E-state index in [1.165, 1.54) is 0 Å². The first kappa shape index (κ1) is 14.5. The van der Waals surface area contributed by atoms with Crippen molar-refractivity contribution in [2.45, 2.75) is 0 Å². The summed E-state index contributed by atoms with van der Waals surface area (Å²) in [5, 5.41) is 10.7. The Balaban J connectivity index is 1.94. The average molecular weight is 303 g/mol. The second-order valence-electron chi connectivity index (χ2n) is 4.67. The molecule has 2 N–H and O–H groups in total. The van der Waals surface area contributed by atoms with Crippen LogP contribution in [-0.4, -0.2) is 28.2 Å². The van der Waals surface area contributed by atoms with E-state index in [0.717, 1.165) is 17.5 Å². The topological polar surface area (TPSA) is 91.1 Å². The molecule has 0 radical (unpaired) electrons. The molecule has 0 fully saturated rings. The van der Waals surface area contributed by atoms with Crippen LogP contribution in [0.15, 0.2) is 71.4 Å². The molecule has 2 aromatic rings. The lowest BCUT2D eigenvalue weighted by Gasteiger charge is -2.16. The van der Waals surface area contributed by atoms with Crippen LogP contribution in [-0.2, 0) is 0 Å². The third-order valence-electron chi connectivity index (χ3n) is 3.23. The van der Waals surface area contributed by atoms with Gasteiger partial charge < -0.3 is 10.7 Å². The maximum Gasteiger partial charge on any atom is 0.216 e. The summed E-state index contributed by atoms with van der Waals surface area (Å²) < 4.78 is 0. The van der Waals surface area contributed by atoms with Crippen molar-refractivity contribution < 1.29 is 4.79 Å². The van der Waals surface area contributed by atoms with Gasteiger partial charge in [-0.25, -0.2) is 4.99 Å². The first-order valence-electron chi connectivity index (χ1n) is 6.92. The molecule has 0 saturated carbocycles. The number of aromatic nitrogens is 2. The molecule has 6 nitrogen and oxygen atoms in total. The summed E-state index contributed by atoms with van der Waals surface area (Å²) in [7, 11) is 0. The molecule has 0 bridgehead atoms. The quantitative estimate of drug-likeness (QED) is 0.515. The highest BCUT2D eigenvalue weighted by atomic mass is 16.1. The number of nitrogens with one attached hydrogen (secondary N) is 2. The van der Waals surface area contributed by atoms with Crippen LogP contribution in [0.2, 0.25) is 0 Å². The summed E-state index contributed by atoms with van der Waals surface area (Å²) >= 11 is 0. The Morgan fingerprint density at radius 1 is 1.13 bits per heavy atom. The third kappa shape index (κ3) is 3.11. The van der Waals surface area contributed by atoms with Gasteiger partial charge in [0.25, 0.3) is 0 Å². The number of aliphatic imine (C=N–C) groups is 1. The van der Waals surface area contributed by atoms with Gasteiger partial charge in [0.05, 0.1) is 5.57 Å². The Morgan fingerprint density at radius 3 is 2.65 bits per heavy atom. The number of carbonyl (C=O) groups excluding carboxylic acids is 1. The van der Waals surface area contributed by atoms with Gasteiger partial charge in [0, 0.05) is 42.3 Å². The summed E-state index contributed by atoms with van der Waals surface area (Å²) in [5.41, 5.74) is 2.12. The fourth-order valence-corrected chi connectivity index (χ4v) is 2.10. The van der Waals surface area contributed by atoms with Gasteiger partial charge in [0.1, 0.15) is 11.5 Å². The number of hydrogen-bond acceptors (Lipinski definition) is 6. The highest BCUT2D eigenvalue weighted by molar-refractivity contribution is 6.20. The van der Waals surface area contributed by atoms with Crippen LogP contribution in [0.3, 0.4) is 0 Å². The first-order chi connectivity index (χ1) is 11.3. The number of rotatable bonds is 4. The molecule has 0 aromatic carbocycles. The molecule has 2 aromatic heterocycles. The Labute approximate surface area is 132 Å². The van der Waals surface area contributed by atoms with Crippen molar-refractivity contribution in [1.29, 1.82) is 5.41 Å². The molecular weight excluding hydrogens is 290 g/mol. The first-order valence-corrected chi connectivity index (χ1v) is 6.92. The van der Waals surface area contributed by atoms with Crippen LogP contribution in [0.4, 0.5) is 0 Å². The van der Waals surface area contributed by atoms with E-state index in [4.69, 9.17) is 5.41 Å². The van der Waals surface area contributed by atoms with Gasteiger partial charge in [0.15, 0.2) is 0 Å². The zero-order valence-corrected chi connectivity index (χ0v) is 12.1. The second kappa shape index (κ2) is 6.57. The van der Waals surface area contributed by atoms with Crippen molar-refractivity contribution in [3.05, 3.63) is 77.6 Å². The lowest BCUT2D eigenvalue weighted by molar-refractivity contribution is 0.103. The standard InChI is InChI=1S/C17H13N5O/c18-11-13(16(23)15-3-1-2-7-20-15)17-21-10-6-14(22-17)12-4-8-19-9-5-12/h1-11,18,22H/b17-13+,18-11?. The van der Waals surface area contributed by atoms with E-state index in [1.54, 1.807) is 49.1 Å². The van der Waals surface area contributed by atoms with Gasteiger partial charge in [-0.05, 0) is 30.3 Å². The number of carbonyl (C=O) groups is 1. The van der Waals surface area contributed by atoms with Gasteiger partial charge in [-0.2, -0.15) is 0 Å². The lowest BCUT2D eigenvalue weighted by Crippen LogP contribution is -2.20. The van der Waals surface area contributed by atoms with E-state index in [2.05, 4.69) is 20.3 Å². The van der Waals surface area contributed by atoms with Crippen LogP contribution in [0.25, 0.3) is 5.70 Å².